The van der Waals surface area contributed by atoms with Crippen LogP contribution in [0.25, 0.3) is 0 Å². The molecule has 0 bridgehead atoms. The Morgan fingerprint density at radius 3 is 0.819 bits per heavy atom. The molecule has 834 valence electrons. The molecule has 0 spiro atoms. The van der Waals surface area contributed by atoms with Crippen molar-refractivity contribution in [3.63, 3.8) is 0 Å². The molecular weight excluding hydrogens is 1980 g/mol. The number of hydrogen-bond acceptors (Lipinski definition) is 60. The molecule has 4 amide bonds. The van der Waals surface area contributed by atoms with Gasteiger partial charge in [-0.25, -0.2) is 0 Å². The molecule has 0 saturated carbocycles. The maximum absolute atomic E-state index is 14.0. The summed E-state index contributed by atoms with van der Waals surface area (Å²) in [5.74, 6) is -4.07. The van der Waals surface area contributed by atoms with Crippen molar-refractivity contribution in [2.45, 2.75) is 403 Å². The Balaban J connectivity index is 0.965. The summed E-state index contributed by atoms with van der Waals surface area (Å²) in [6.07, 6.45) is -124. The number of hydrogen-bond donors (Lipinski definition) is 37. The maximum Gasteiger partial charge on any atom is 0.217 e. The molecule has 0 aliphatic carbocycles. The largest absolute Gasteiger partial charge is 0.394 e. The number of ether oxygens (including phenoxy) is 23. The van der Waals surface area contributed by atoms with Crippen LogP contribution in [-0.4, -0.2) is 633 Å². The van der Waals surface area contributed by atoms with Crippen LogP contribution in [0.2, 0.25) is 0 Å². The van der Waals surface area contributed by atoms with Crippen LogP contribution in [0.4, 0.5) is 0 Å². The first-order chi connectivity index (χ1) is 68.1. The molecule has 12 rings (SSSR count). The highest BCUT2D eigenvalue weighted by atomic mass is 16.8. The van der Waals surface area contributed by atoms with Crippen LogP contribution in [0.15, 0.2) is 0 Å². The van der Waals surface area contributed by atoms with Crippen molar-refractivity contribution in [3.05, 3.63) is 0 Å². The first kappa shape index (κ1) is 118. The third-order valence-electron chi connectivity index (χ3n) is 26.6. The highest BCUT2D eigenvalue weighted by molar-refractivity contribution is 5.74. The number of carbonyl (C=O) groups is 4. The molecular formula is C80H134N4O60. The van der Waals surface area contributed by atoms with Crippen LogP contribution in [0.5, 0.6) is 0 Å². The molecule has 12 heterocycles. The summed E-state index contributed by atoms with van der Waals surface area (Å²) < 4.78 is 139. The molecule has 12 aliphatic rings. The van der Waals surface area contributed by atoms with Crippen LogP contribution in [0.1, 0.15) is 34.6 Å². The highest BCUT2D eigenvalue weighted by Gasteiger charge is 2.64. The van der Waals surface area contributed by atoms with E-state index in [2.05, 4.69) is 21.3 Å². The van der Waals surface area contributed by atoms with Crippen molar-refractivity contribution in [3.8, 4) is 0 Å². The van der Waals surface area contributed by atoms with Gasteiger partial charge in [-0.1, -0.05) is 0 Å². The van der Waals surface area contributed by atoms with Gasteiger partial charge in [0.15, 0.2) is 75.5 Å². The van der Waals surface area contributed by atoms with Gasteiger partial charge in [-0.05, 0) is 6.92 Å². The maximum atomic E-state index is 14.0. The first-order valence-electron chi connectivity index (χ1n) is 46.0. The molecule has 144 heavy (non-hydrogen) atoms. The lowest BCUT2D eigenvalue weighted by molar-refractivity contribution is -0.410. The third kappa shape index (κ3) is 25.8. The second-order valence-electron chi connectivity index (χ2n) is 36.6. The minimum Gasteiger partial charge on any atom is -0.394 e. The number of aliphatic hydroxyl groups excluding tert-OH is 33. The van der Waals surface area contributed by atoms with Crippen molar-refractivity contribution in [2.75, 3.05) is 72.7 Å². The topological polar surface area (TPSA) is 996 Å². The zero-order valence-corrected chi connectivity index (χ0v) is 77.2. The highest BCUT2D eigenvalue weighted by Crippen LogP contribution is 2.43. The van der Waals surface area contributed by atoms with E-state index in [0.717, 1.165) is 27.7 Å². The number of aliphatic hydroxyl groups is 33. The molecule has 1 unspecified atom stereocenters. The van der Waals surface area contributed by atoms with E-state index < -0.39 is 465 Å². The predicted octanol–water partition coefficient (Wildman–Crippen LogP) is -25.6. The minimum absolute atomic E-state index is 0.835. The van der Waals surface area contributed by atoms with E-state index in [1.165, 1.54) is 6.92 Å². The Labute approximate surface area is 814 Å². The van der Waals surface area contributed by atoms with Crippen molar-refractivity contribution in [1.82, 2.24) is 21.3 Å². The number of nitrogens with one attached hydrogen (secondary N) is 4. The molecule has 12 aliphatic heterocycles. The zero-order chi connectivity index (χ0) is 106. The number of carbonyl (C=O) groups excluding carboxylic acids is 4. The Hall–Kier alpha value is -4.36. The Kier molecular flexibility index (Phi) is 42.4. The van der Waals surface area contributed by atoms with Gasteiger partial charge in [0.05, 0.1) is 78.8 Å². The van der Waals surface area contributed by atoms with E-state index in [0.29, 0.717) is 0 Å². The van der Waals surface area contributed by atoms with Crippen LogP contribution < -0.4 is 21.3 Å². The number of amides is 4. The minimum atomic E-state index is -2.82. The van der Waals surface area contributed by atoms with Crippen molar-refractivity contribution in [2.24, 2.45) is 0 Å². The smallest absolute Gasteiger partial charge is 0.217 e. The van der Waals surface area contributed by atoms with Gasteiger partial charge < -0.3 is 299 Å². The molecule has 0 aromatic rings. The van der Waals surface area contributed by atoms with Gasteiger partial charge in [-0.3, -0.25) is 19.2 Å². The summed E-state index contributed by atoms with van der Waals surface area (Å²) in [6, 6.07) is -8.17. The van der Waals surface area contributed by atoms with Crippen LogP contribution >= 0.6 is 0 Å². The molecule has 0 radical (unpaired) electrons. The van der Waals surface area contributed by atoms with Crippen molar-refractivity contribution >= 4 is 23.6 Å². The lowest BCUT2D eigenvalue weighted by Gasteiger charge is -2.53. The molecule has 0 aromatic heterocycles. The fraction of sp³-hybridized carbons (Fsp3) is 0.950. The van der Waals surface area contributed by atoms with E-state index in [4.69, 9.17) is 109 Å². The third-order valence-corrected chi connectivity index (χ3v) is 26.6. The summed E-state index contributed by atoms with van der Waals surface area (Å²) in [7, 11) is 0. The molecule has 37 N–H and O–H groups in total. The van der Waals surface area contributed by atoms with Crippen LogP contribution in [0.3, 0.4) is 0 Å². The van der Waals surface area contributed by atoms with E-state index in [1.54, 1.807) is 0 Å². The zero-order valence-electron chi connectivity index (χ0n) is 77.2. The van der Waals surface area contributed by atoms with Gasteiger partial charge in [-0.15, -0.1) is 0 Å². The SMILES string of the molecule is CC(=O)N[C@H]1[C@H](O[C@H]2[C@H](O)[C@H](O[C@@H]3O[C@H](CO)[C@@H](O[C@@H]4O[C@H](CO)[C@H](O)[C@H](O)[C@H]4O)[C@H](O[C@@H]4O[C@@H](C)[C@@H](O)[C@@H](O)[C@@H]4O)[C@H]3NC(C)=O)[C@@H](O[C@@H]3[C@@H](O)[C@H](O[C@H]4[C@H](O)[C@@H](NC(C)=O)[C@H](O[C@H]5[C@H](O)[C@@H](NC(C)=O)C(O)O[C@@H]5CO)O[C@@H]4CO)O[C@H](CO[C@H]4O[C@H](CO[C@H]5O[C@H](CO)[C@@H](O)[C@H](O)[C@@H]5O)[C@@H](O)[C@H](O[C@H]5O[C@H](CO)[C@@H](O)[C@H](O)[C@@H]5O)[C@@H]4O)[C@H]3O)O[C@@H]2CO)O[C@H](CO)[C@@H](O[C@@H]2O[C@H](CO)[C@H](O)[C@H](O)[C@H]2O)[C@@H]1O. The average molecular weight is 2110 g/mol. The normalized spacial score (nSPS) is 50.4. The first-order valence-corrected chi connectivity index (χ1v) is 46.0. The molecule has 12 saturated heterocycles. The fourth-order valence-electron chi connectivity index (χ4n) is 18.8. The van der Waals surface area contributed by atoms with Gasteiger partial charge in [0.1, 0.15) is 287 Å². The van der Waals surface area contributed by atoms with E-state index in [1.807, 2.05) is 0 Å². The van der Waals surface area contributed by atoms with E-state index in [-0.39, 0.29) is 0 Å². The fourth-order valence-corrected chi connectivity index (χ4v) is 18.8. The lowest BCUT2D eigenvalue weighted by Crippen LogP contribution is -2.72. The summed E-state index contributed by atoms with van der Waals surface area (Å²) >= 11 is 0. The van der Waals surface area contributed by atoms with Gasteiger partial charge in [0.25, 0.3) is 0 Å². The molecule has 60 atom stereocenters. The Morgan fingerprint density at radius 2 is 0.431 bits per heavy atom. The standard InChI is InChI=1S/C80H134N4O60/c1-17-37(98)47(108)53(114)75(124-17)141-65-36(84-21(5)97)72(132-30(14-93)64(65)140-77-55(116)50(111)40(101)24(8-87)128-77)144-68-57(118)63(137-71-35(83-20(4)96)45(106)61(27(11-90)131-71)138-76-54(115)49(110)39(100)23(7-86)127-76)29(13-92)133-80(68)143-67-43(104)32(135-79(59(67)120)139-62-28(12-91)130-70(34(46(62)107)82-19(3)95)136-60-26(10-89)125-69(121)33(44(60)105)81-18(2)94)16-123-74-58(119)66(142-78-56(117)51(112)41(102)25(9-88)129-78)42(103)31(134-74)15-122-73-52(113)48(109)38(99)22(6-85)126-73/h17,22-80,85-93,98-121H,6-16H2,1-5H3,(H,81,94)(H,82,95)(H,83,96)(H,84,97)/t17-,22+,23+,24+,25+,26+,27+,28+,29+,30+,31+,32+,33+,34+,35+,36+,37+,38+,39-,40-,41+,42+,43+,44+,45+,46+,47+,48-,49-,50-,51-,52-,53-,54+,55+,56-,57-,58-,59+,60+,61+,62+,63+,64+,65+,66-,67-,68-,69?,70-,71-,72-,73-,74-,75-,76-,77-,78+,79-,80+/m0/s1. The van der Waals surface area contributed by atoms with Crippen LogP contribution in [-0.2, 0) is 128 Å². The summed E-state index contributed by atoms with van der Waals surface area (Å²) in [5, 5.41) is 383. The Bertz CT molecular complexity index is 3970. The second kappa shape index (κ2) is 51.6. The molecule has 64 heteroatoms. The number of rotatable bonds is 37. The molecule has 0 aromatic carbocycles. The van der Waals surface area contributed by atoms with Gasteiger partial charge >= 0.3 is 0 Å². The van der Waals surface area contributed by atoms with E-state index >= 15 is 0 Å². The summed E-state index contributed by atoms with van der Waals surface area (Å²) in [5.41, 5.74) is 0. The molecule has 12 fully saturated rings. The van der Waals surface area contributed by atoms with Gasteiger partial charge in [-0.2, -0.15) is 0 Å². The monoisotopic (exact) mass is 2110 g/mol. The lowest BCUT2D eigenvalue weighted by atomic mass is 9.93. The van der Waals surface area contributed by atoms with Crippen molar-refractivity contribution < 1.29 is 297 Å². The summed E-state index contributed by atoms with van der Waals surface area (Å²) in [4.78, 5) is 53.0. The van der Waals surface area contributed by atoms with E-state index in [9.17, 15) is 188 Å². The van der Waals surface area contributed by atoms with Crippen molar-refractivity contribution in [1.29, 1.82) is 0 Å². The molecule has 64 nitrogen and oxygen atoms in total. The van der Waals surface area contributed by atoms with Gasteiger partial charge in [0, 0.05) is 27.7 Å². The summed E-state index contributed by atoms with van der Waals surface area (Å²) in [6.45, 7) is -8.44. The van der Waals surface area contributed by atoms with Gasteiger partial charge in [0.2, 0.25) is 23.6 Å². The average Bonchev–Trinajstić information content (AvgIpc) is 0.750. The Morgan fingerprint density at radius 1 is 0.194 bits per heavy atom. The quantitative estimate of drug-likeness (QED) is 0.0275. The van der Waals surface area contributed by atoms with Crippen LogP contribution in [0, 0.1) is 0 Å². The predicted molar refractivity (Wildman–Crippen MR) is 440 cm³/mol. The second-order valence-corrected chi connectivity index (χ2v) is 36.6.